The van der Waals surface area contributed by atoms with Crippen molar-refractivity contribution in [2.45, 2.75) is 248 Å². The normalized spacial score (nSPS) is 13.3. The van der Waals surface area contributed by atoms with Crippen LogP contribution in [-0.4, -0.2) is 4.70 Å². The molecule has 1 aliphatic heterocycles. The van der Waals surface area contributed by atoms with Gasteiger partial charge in [0.1, 0.15) is 0 Å². The van der Waals surface area contributed by atoms with Gasteiger partial charge in [0.2, 0.25) is 11.4 Å². The summed E-state index contributed by atoms with van der Waals surface area (Å²) in [4.78, 5) is 0. The summed E-state index contributed by atoms with van der Waals surface area (Å²) in [5.74, 6) is 0. The van der Waals surface area contributed by atoms with E-state index in [1.54, 1.807) is 15.8 Å². The number of aryl methyl sites for hydroxylation is 4. The van der Waals surface area contributed by atoms with Crippen molar-refractivity contribution in [1.82, 2.24) is 0 Å². The van der Waals surface area contributed by atoms with E-state index < -0.39 is 0 Å². The summed E-state index contributed by atoms with van der Waals surface area (Å²) >= 11 is 0. The van der Waals surface area contributed by atoms with E-state index in [0.29, 0.717) is 0 Å². The first-order chi connectivity index (χ1) is 28.4. The first-order valence-corrected chi connectivity index (χ1v) is 25.4. The van der Waals surface area contributed by atoms with Crippen LogP contribution in [0.5, 0.6) is 0 Å². The molecule has 0 N–H and O–H groups in total. The first kappa shape index (κ1) is 49.6. The number of benzene rings is 2. The summed E-state index contributed by atoms with van der Waals surface area (Å²) in [6.07, 6.45) is 41.3. The van der Waals surface area contributed by atoms with Crippen molar-refractivity contribution in [3.8, 4) is 0 Å². The van der Waals surface area contributed by atoms with Gasteiger partial charge in [0.25, 0.3) is 0 Å². The Bertz CT molecular complexity index is 1520. The van der Waals surface area contributed by atoms with Crippen LogP contribution in [0.15, 0.2) is 47.6 Å². The second-order valence-corrected chi connectivity index (χ2v) is 17.8. The van der Waals surface area contributed by atoms with Crippen molar-refractivity contribution in [2.75, 3.05) is 0 Å². The van der Waals surface area contributed by atoms with Gasteiger partial charge >= 0.3 is 0 Å². The summed E-state index contributed by atoms with van der Waals surface area (Å²) < 4.78 is 1.68. The van der Waals surface area contributed by atoms with Gasteiger partial charge < -0.3 is 5.53 Å². The number of hydrogen-bond donors (Lipinski definition) is 0. The fraction of sp³-hybridized carbons (Fsp3) is 0.679. The molecule has 0 amide bonds. The van der Waals surface area contributed by atoms with Gasteiger partial charge in [-0.05, 0) is 160 Å². The summed E-state index contributed by atoms with van der Waals surface area (Å²) in [5, 5.41) is 0. The van der Waals surface area contributed by atoms with Gasteiger partial charge in [-0.1, -0.05) is 157 Å². The molecule has 58 heavy (non-hydrogen) atoms. The molecule has 1 aliphatic rings. The van der Waals surface area contributed by atoms with E-state index >= 15 is 0 Å². The minimum Gasteiger partial charge on any atom is -0.493 e. The monoisotopic (exact) mass is 791 g/mol. The number of rotatable bonds is 33. The third-order valence-electron chi connectivity index (χ3n) is 12.8. The lowest BCUT2D eigenvalue weighted by atomic mass is 9.86. The molecule has 0 saturated heterocycles. The number of allylic oxidation sites excluding steroid dienone is 4. The lowest BCUT2D eigenvalue weighted by Gasteiger charge is -2.20. The molecule has 0 aromatic heterocycles. The Hall–Kier alpha value is -2.74. The Morgan fingerprint density at radius 1 is 0.397 bits per heavy atom. The van der Waals surface area contributed by atoms with Crippen LogP contribution in [0.3, 0.4) is 0 Å². The van der Waals surface area contributed by atoms with E-state index in [9.17, 15) is 5.53 Å². The van der Waals surface area contributed by atoms with Crippen molar-refractivity contribution < 1.29 is 4.70 Å². The summed E-state index contributed by atoms with van der Waals surface area (Å²) in [6.45, 7) is 18.6. The molecule has 0 unspecified atom stereocenters. The molecular formula is C56H90N2. The van der Waals surface area contributed by atoms with Gasteiger partial charge in [0.15, 0.2) is 0 Å². The van der Waals surface area contributed by atoms with Crippen molar-refractivity contribution >= 4 is 11.4 Å². The molecule has 0 aliphatic carbocycles. The van der Waals surface area contributed by atoms with E-state index in [1.165, 1.54) is 186 Å². The van der Waals surface area contributed by atoms with Crippen molar-refractivity contribution in [1.29, 1.82) is 0 Å². The van der Waals surface area contributed by atoms with E-state index in [2.05, 4.69) is 91.8 Å². The highest BCUT2D eigenvalue weighted by Gasteiger charge is 2.35. The molecule has 2 heteroatoms. The molecular weight excluding hydrogens is 701 g/mol. The molecule has 0 atom stereocenters. The maximum Gasteiger partial charge on any atom is 0.215 e. The zero-order chi connectivity index (χ0) is 42.0. The van der Waals surface area contributed by atoms with Crippen LogP contribution in [0.25, 0.3) is 16.9 Å². The second kappa shape index (κ2) is 29.5. The highest BCUT2D eigenvalue weighted by atomic mass is 15.2. The first-order valence-electron chi connectivity index (χ1n) is 25.4. The van der Waals surface area contributed by atoms with E-state index in [4.69, 9.17) is 0 Å². The Kier molecular flexibility index (Phi) is 25.2. The van der Waals surface area contributed by atoms with E-state index in [0.717, 1.165) is 62.8 Å². The molecule has 2 aromatic carbocycles. The maximum absolute atomic E-state index is 12.9. The van der Waals surface area contributed by atoms with Crippen LogP contribution in [0.1, 0.15) is 254 Å². The quantitative estimate of drug-likeness (QED) is 0.0508. The van der Waals surface area contributed by atoms with Gasteiger partial charge in [-0.25, -0.2) is 4.70 Å². The molecule has 0 spiro atoms. The van der Waals surface area contributed by atoms with E-state index in [-0.39, 0.29) is 0 Å². The lowest BCUT2D eigenvalue weighted by Crippen LogP contribution is -2.09. The van der Waals surface area contributed by atoms with Crippen LogP contribution >= 0.6 is 0 Å². The fourth-order valence-electron chi connectivity index (χ4n) is 9.16. The lowest BCUT2D eigenvalue weighted by molar-refractivity contribution is -0.345. The van der Waals surface area contributed by atoms with Crippen LogP contribution in [0.4, 0.5) is 0 Å². The highest BCUT2D eigenvalue weighted by Crippen LogP contribution is 2.45. The highest BCUT2D eigenvalue weighted by molar-refractivity contribution is 5.85. The van der Waals surface area contributed by atoms with Crippen molar-refractivity contribution in [3.63, 3.8) is 0 Å². The Morgan fingerprint density at radius 2 is 0.741 bits per heavy atom. The van der Waals surface area contributed by atoms with Crippen LogP contribution in [0, 0.1) is 0 Å². The third kappa shape index (κ3) is 15.4. The minimum atomic E-state index is 0.982. The van der Waals surface area contributed by atoms with Crippen LogP contribution in [0.2, 0.25) is 0 Å². The SMILES string of the molecule is CCCCCCCCCCC=CC1=C(c2cc(CCCC)c(CCCC)c(CCCC)c2)[N+](=[N-])C(c2cc(CCCC)c(CCCC)c(CCCC)c2)=C1CCCC. The Labute approximate surface area is 360 Å². The maximum atomic E-state index is 12.9. The average Bonchev–Trinajstić information content (AvgIpc) is 3.51. The number of unbranched alkanes of at least 4 members (excludes halogenated alkanes) is 15. The van der Waals surface area contributed by atoms with Gasteiger partial charge in [-0.3, -0.25) is 0 Å². The standard InChI is InChI=1S/C56H90N2/c1-9-17-25-26-27-28-29-30-31-32-40-54-53(39-24-16-8)55(49-41-45(33-18-10-2)51(37-22-14-6)46(42-49)34-19-11-3)58(57)56(54)50-43-47(35-20-12-4)52(38-23-15-7)48(44-50)36-21-13-5/h32,40-44H,9-31,33-39H2,1-8H3. The number of nitrogens with zero attached hydrogens (tertiary/aromatic N) is 2. The molecule has 2 nitrogen and oxygen atoms in total. The average molecular weight is 791 g/mol. The molecule has 324 valence electrons. The number of hydrogen-bond acceptors (Lipinski definition) is 0. The van der Waals surface area contributed by atoms with Crippen LogP contribution < -0.4 is 0 Å². The largest absolute Gasteiger partial charge is 0.493 e. The molecule has 2 aromatic rings. The second-order valence-electron chi connectivity index (χ2n) is 17.8. The Balaban J connectivity index is 2.29. The molecule has 0 bridgehead atoms. The summed E-state index contributed by atoms with van der Waals surface area (Å²) in [5.41, 5.74) is 29.4. The minimum absolute atomic E-state index is 0.982. The molecule has 0 saturated carbocycles. The topological polar surface area (TPSA) is 25.3 Å². The van der Waals surface area contributed by atoms with Gasteiger partial charge in [-0.15, -0.1) is 0 Å². The smallest absolute Gasteiger partial charge is 0.215 e. The zero-order valence-corrected chi connectivity index (χ0v) is 39.6. The third-order valence-corrected chi connectivity index (χ3v) is 12.8. The zero-order valence-electron chi connectivity index (χ0n) is 39.6. The molecule has 0 fully saturated rings. The molecule has 3 rings (SSSR count). The predicted molar refractivity (Wildman–Crippen MR) is 258 cm³/mol. The van der Waals surface area contributed by atoms with Crippen molar-refractivity contribution in [2.24, 2.45) is 0 Å². The summed E-state index contributed by atoms with van der Waals surface area (Å²) in [6, 6.07) is 10.0. The molecule has 0 radical (unpaired) electrons. The van der Waals surface area contributed by atoms with Crippen molar-refractivity contribution in [3.05, 3.63) is 97.6 Å². The Morgan fingerprint density at radius 3 is 1.16 bits per heavy atom. The van der Waals surface area contributed by atoms with Gasteiger partial charge in [-0.2, -0.15) is 0 Å². The molecule has 1 heterocycles. The van der Waals surface area contributed by atoms with E-state index in [1.807, 2.05) is 0 Å². The fourth-order valence-corrected chi connectivity index (χ4v) is 9.16. The van der Waals surface area contributed by atoms with Gasteiger partial charge in [0, 0.05) is 16.7 Å². The summed E-state index contributed by atoms with van der Waals surface area (Å²) in [7, 11) is 0. The predicted octanol–water partition coefficient (Wildman–Crippen LogP) is 18.2. The van der Waals surface area contributed by atoms with Gasteiger partial charge in [0.05, 0.1) is 5.57 Å². The van der Waals surface area contributed by atoms with Crippen LogP contribution in [-0.2, 0) is 38.5 Å².